The highest BCUT2D eigenvalue weighted by Gasteiger charge is 2.30. The van der Waals surface area contributed by atoms with Crippen LogP contribution in [0.3, 0.4) is 0 Å². The maximum Gasteiger partial charge on any atom is 0.122 e. The highest BCUT2D eigenvalue weighted by Crippen LogP contribution is 2.40. The van der Waals surface area contributed by atoms with Gasteiger partial charge in [0.1, 0.15) is 5.75 Å². The van der Waals surface area contributed by atoms with Crippen LogP contribution in [-0.2, 0) is 0 Å². The maximum atomic E-state index is 9.01. The monoisotopic (exact) mass is 201 g/mol. The molecule has 0 N–H and O–H groups in total. The third-order valence-corrected chi connectivity index (χ3v) is 2.86. The Morgan fingerprint density at radius 2 is 2.20 bits per heavy atom. The number of hydrogen-bond acceptors (Lipinski definition) is 2. The molecule has 1 aliphatic heterocycles. The lowest BCUT2D eigenvalue weighted by Crippen LogP contribution is -2.14. The molecular weight excluding hydrogens is 186 g/mol. The maximum absolute atomic E-state index is 9.01. The van der Waals surface area contributed by atoms with E-state index >= 15 is 0 Å². The molecule has 0 bridgehead atoms. The summed E-state index contributed by atoms with van der Waals surface area (Å²) in [5.74, 6) is 1.35. The molecule has 0 fully saturated rings. The van der Waals surface area contributed by atoms with E-state index in [9.17, 15) is 0 Å². The Morgan fingerprint density at radius 3 is 2.93 bits per heavy atom. The van der Waals surface area contributed by atoms with Crippen molar-refractivity contribution in [2.75, 3.05) is 6.61 Å². The van der Waals surface area contributed by atoms with Crippen molar-refractivity contribution in [3.8, 4) is 11.8 Å². The lowest BCUT2D eigenvalue weighted by molar-refractivity contribution is 0.296. The number of para-hydroxylation sites is 1. The molecule has 0 saturated carbocycles. The molecular formula is C13H15NO. The normalized spacial score (nSPS) is 19.1. The number of rotatable bonds is 2. The van der Waals surface area contributed by atoms with Crippen LogP contribution in [-0.4, -0.2) is 6.61 Å². The Labute approximate surface area is 90.5 Å². The number of nitriles is 1. The van der Waals surface area contributed by atoms with Gasteiger partial charge in [0.25, 0.3) is 0 Å². The lowest BCUT2D eigenvalue weighted by atomic mass is 9.82. The van der Waals surface area contributed by atoms with Crippen LogP contribution < -0.4 is 4.74 Å². The van der Waals surface area contributed by atoms with Crippen LogP contribution in [0, 0.1) is 16.7 Å². The zero-order valence-corrected chi connectivity index (χ0v) is 9.16. The third kappa shape index (κ3) is 1.97. The number of fused-ring (bicyclic) bond motifs is 1. The average molecular weight is 201 g/mol. The zero-order chi connectivity index (χ0) is 10.9. The van der Waals surface area contributed by atoms with Crippen molar-refractivity contribution in [2.24, 2.45) is 5.41 Å². The molecule has 0 aromatic heterocycles. The summed E-state index contributed by atoms with van der Waals surface area (Å²) in [6.07, 6.45) is 0.862. The summed E-state index contributed by atoms with van der Waals surface area (Å²) in [5, 5.41) is 9.01. The van der Waals surface area contributed by atoms with Gasteiger partial charge in [0.05, 0.1) is 18.1 Å². The Kier molecular flexibility index (Phi) is 2.40. The minimum atomic E-state index is -0.272. The number of benzene rings is 1. The highest BCUT2D eigenvalue weighted by molar-refractivity contribution is 5.39. The average Bonchev–Trinajstić information content (AvgIpc) is 2.62. The molecule has 15 heavy (non-hydrogen) atoms. The van der Waals surface area contributed by atoms with Gasteiger partial charge in [-0.25, -0.2) is 0 Å². The van der Waals surface area contributed by atoms with Crippen molar-refractivity contribution < 1.29 is 4.74 Å². The molecule has 1 heterocycles. The van der Waals surface area contributed by atoms with Crippen LogP contribution in [0.15, 0.2) is 24.3 Å². The first-order valence-corrected chi connectivity index (χ1v) is 5.25. The second kappa shape index (κ2) is 3.58. The first-order chi connectivity index (χ1) is 7.12. The van der Waals surface area contributed by atoms with Crippen LogP contribution in [0.5, 0.6) is 5.75 Å². The number of nitrogens with zero attached hydrogens (tertiary/aromatic N) is 1. The quantitative estimate of drug-likeness (QED) is 0.736. The fourth-order valence-corrected chi connectivity index (χ4v) is 2.06. The number of hydrogen-bond donors (Lipinski definition) is 0. The SMILES string of the molecule is CC(C)(C#N)CC1COc2ccccc21. The lowest BCUT2D eigenvalue weighted by Gasteiger charge is -2.19. The first-order valence-electron chi connectivity index (χ1n) is 5.25. The topological polar surface area (TPSA) is 33.0 Å². The molecule has 0 aliphatic carbocycles. The van der Waals surface area contributed by atoms with Crippen molar-refractivity contribution in [1.29, 1.82) is 5.26 Å². The van der Waals surface area contributed by atoms with Gasteiger partial charge < -0.3 is 4.74 Å². The minimum absolute atomic E-state index is 0.272. The first kappa shape index (κ1) is 10.0. The summed E-state index contributed by atoms with van der Waals surface area (Å²) in [6.45, 7) is 4.67. The molecule has 1 aromatic rings. The largest absolute Gasteiger partial charge is 0.493 e. The molecule has 1 atom stereocenters. The van der Waals surface area contributed by atoms with Gasteiger partial charge in [-0.1, -0.05) is 18.2 Å². The van der Waals surface area contributed by atoms with E-state index < -0.39 is 0 Å². The Hall–Kier alpha value is -1.49. The minimum Gasteiger partial charge on any atom is -0.493 e. The predicted octanol–water partition coefficient (Wildman–Crippen LogP) is 3.10. The summed E-state index contributed by atoms with van der Waals surface area (Å²) in [5.41, 5.74) is 0.978. The molecule has 0 amide bonds. The standard InChI is InChI=1S/C13H15NO/c1-13(2,9-14)7-10-8-15-12-6-4-3-5-11(10)12/h3-6,10H,7-8H2,1-2H3. The Balaban J connectivity index is 2.19. The molecule has 1 unspecified atom stereocenters. The van der Waals surface area contributed by atoms with Gasteiger partial charge in [-0.15, -0.1) is 0 Å². The van der Waals surface area contributed by atoms with Crippen LogP contribution in [0.2, 0.25) is 0 Å². The van der Waals surface area contributed by atoms with Gasteiger partial charge in [0, 0.05) is 11.5 Å². The van der Waals surface area contributed by atoms with Gasteiger partial charge in [-0.2, -0.15) is 5.26 Å². The summed E-state index contributed by atoms with van der Waals surface area (Å²) in [4.78, 5) is 0. The van der Waals surface area contributed by atoms with Crippen molar-refractivity contribution in [3.63, 3.8) is 0 Å². The highest BCUT2D eigenvalue weighted by atomic mass is 16.5. The van der Waals surface area contributed by atoms with Crippen molar-refractivity contribution >= 4 is 0 Å². The second-order valence-corrected chi connectivity index (χ2v) is 4.75. The van der Waals surface area contributed by atoms with Crippen LogP contribution >= 0.6 is 0 Å². The van der Waals surface area contributed by atoms with Gasteiger partial charge >= 0.3 is 0 Å². The predicted molar refractivity (Wildman–Crippen MR) is 58.7 cm³/mol. The molecule has 2 rings (SSSR count). The van der Waals surface area contributed by atoms with Gasteiger partial charge in [-0.3, -0.25) is 0 Å². The Bertz CT molecular complexity index is 403. The second-order valence-electron chi connectivity index (χ2n) is 4.75. The fraction of sp³-hybridized carbons (Fsp3) is 0.462. The third-order valence-electron chi connectivity index (χ3n) is 2.86. The van der Waals surface area contributed by atoms with E-state index in [2.05, 4.69) is 12.1 Å². The smallest absolute Gasteiger partial charge is 0.122 e. The van der Waals surface area contributed by atoms with Crippen molar-refractivity contribution in [3.05, 3.63) is 29.8 Å². The van der Waals surface area contributed by atoms with Gasteiger partial charge in [-0.05, 0) is 26.3 Å². The molecule has 2 nitrogen and oxygen atoms in total. The van der Waals surface area contributed by atoms with E-state index in [0.29, 0.717) is 12.5 Å². The molecule has 0 radical (unpaired) electrons. The van der Waals surface area contributed by atoms with Crippen molar-refractivity contribution in [2.45, 2.75) is 26.2 Å². The van der Waals surface area contributed by atoms with E-state index in [4.69, 9.17) is 10.00 Å². The van der Waals surface area contributed by atoms with Crippen LogP contribution in [0.4, 0.5) is 0 Å². The van der Waals surface area contributed by atoms with Crippen LogP contribution in [0.1, 0.15) is 31.7 Å². The van der Waals surface area contributed by atoms with Gasteiger partial charge in [0.2, 0.25) is 0 Å². The van der Waals surface area contributed by atoms with E-state index in [1.165, 1.54) is 5.56 Å². The Morgan fingerprint density at radius 1 is 1.47 bits per heavy atom. The summed E-state index contributed by atoms with van der Waals surface area (Å²) in [6, 6.07) is 10.4. The molecule has 78 valence electrons. The van der Waals surface area contributed by atoms with E-state index in [0.717, 1.165) is 12.2 Å². The van der Waals surface area contributed by atoms with E-state index in [-0.39, 0.29) is 5.41 Å². The zero-order valence-electron chi connectivity index (χ0n) is 9.16. The van der Waals surface area contributed by atoms with Crippen molar-refractivity contribution in [1.82, 2.24) is 0 Å². The molecule has 0 spiro atoms. The molecule has 2 heteroatoms. The molecule has 0 saturated heterocycles. The van der Waals surface area contributed by atoms with E-state index in [1.807, 2.05) is 32.0 Å². The van der Waals surface area contributed by atoms with E-state index in [1.54, 1.807) is 0 Å². The van der Waals surface area contributed by atoms with Gasteiger partial charge in [0.15, 0.2) is 0 Å². The number of ether oxygens (including phenoxy) is 1. The molecule has 1 aromatic carbocycles. The van der Waals surface area contributed by atoms with Crippen LogP contribution in [0.25, 0.3) is 0 Å². The summed E-state index contributed by atoms with van der Waals surface area (Å²) >= 11 is 0. The summed E-state index contributed by atoms with van der Waals surface area (Å²) < 4.78 is 5.59. The summed E-state index contributed by atoms with van der Waals surface area (Å²) in [7, 11) is 0. The molecule has 1 aliphatic rings. The fourth-order valence-electron chi connectivity index (χ4n) is 2.06.